The number of para-hydroxylation sites is 1. The SMILES string of the molecule is C=CC=O.CN1c2ccccc2C[C@H]1C(=O)NCC(=O)O. The Morgan fingerprint density at radius 2 is 2.10 bits per heavy atom. The molecule has 1 aromatic carbocycles. The summed E-state index contributed by atoms with van der Waals surface area (Å²) in [5.74, 6) is -1.28. The average molecular weight is 290 g/mol. The van der Waals surface area contributed by atoms with Gasteiger partial charge in [0.1, 0.15) is 18.9 Å². The fraction of sp³-hybridized carbons (Fsp3) is 0.267. The number of anilines is 1. The summed E-state index contributed by atoms with van der Waals surface area (Å²) in [4.78, 5) is 33.1. The Morgan fingerprint density at radius 3 is 2.62 bits per heavy atom. The molecule has 0 spiro atoms. The maximum Gasteiger partial charge on any atom is 0.322 e. The van der Waals surface area contributed by atoms with Crippen molar-refractivity contribution in [2.75, 3.05) is 18.5 Å². The lowest BCUT2D eigenvalue weighted by Gasteiger charge is -2.21. The van der Waals surface area contributed by atoms with Gasteiger partial charge in [-0.15, -0.1) is 0 Å². The van der Waals surface area contributed by atoms with Crippen molar-refractivity contribution in [1.29, 1.82) is 0 Å². The molecular formula is C15H18N2O4. The van der Waals surface area contributed by atoms with Gasteiger partial charge in [-0.1, -0.05) is 24.8 Å². The normalized spacial score (nSPS) is 15.3. The summed E-state index contributed by atoms with van der Waals surface area (Å²) in [5, 5.41) is 10.9. The zero-order valence-corrected chi connectivity index (χ0v) is 11.8. The molecule has 1 heterocycles. The van der Waals surface area contributed by atoms with Gasteiger partial charge in [-0.25, -0.2) is 0 Å². The quantitative estimate of drug-likeness (QED) is 0.627. The van der Waals surface area contributed by atoms with E-state index >= 15 is 0 Å². The first-order valence-electron chi connectivity index (χ1n) is 6.37. The third kappa shape index (κ3) is 4.45. The van der Waals surface area contributed by atoms with Crippen LogP contribution in [0.25, 0.3) is 0 Å². The van der Waals surface area contributed by atoms with Crippen molar-refractivity contribution in [3.63, 3.8) is 0 Å². The number of carboxylic acid groups (broad SMARTS) is 1. The Balaban J connectivity index is 0.000000491. The van der Waals surface area contributed by atoms with Crippen molar-refractivity contribution >= 4 is 23.9 Å². The minimum Gasteiger partial charge on any atom is -0.480 e. The molecule has 6 nitrogen and oxygen atoms in total. The van der Waals surface area contributed by atoms with Gasteiger partial charge < -0.3 is 15.3 Å². The first-order valence-corrected chi connectivity index (χ1v) is 6.37. The van der Waals surface area contributed by atoms with Crippen molar-refractivity contribution < 1.29 is 19.5 Å². The van der Waals surface area contributed by atoms with E-state index in [1.807, 2.05) is 36.2 Å². The molecule has 1 atom stereocenters. The Morgan fingerprint density at radius 1 is 1.48 bits per heavy atom. The first kappa shape index (κ1) is 16.4. The summed E-state index contributed by atoms with van der Waals surface area (Å²) in [6.45, 7) is 2.78. The zero-order chi connectivity index (χ0) is 15.8. The molecule has 0 aromatic heterocycles. The molecule has 0 radical (unpaired) electrons. The number of nitrogens with zero attached hydrogens (tertiary/aromatic N) is 1. The van der Waals surface area contributed by atoms with Crippen molar-refractivity contribution in [3.05, 3.63) is 42.5 Å². The number of carbonyl (C=O) groups excluding carboxylic acids is 2. The van der Waals surface area contributed by atoms with Crippen LogP contribution in [0.1, 0.15) is 5.56 Å². The number of carbonyl (C=O) groups is 3. The van der Waals surface area contributed by atoms with E-state index in [2.05, 4.69) is 11.9 Å². The summed E-state index contributed by atoms with van der Waals surface area (Å²) in [5.41, 5.74) is 2.15. The Hall–Kier alpha value is -2.63. The van der Waals surface area contributed by atoms with Gasteiger partial charge in [0.2, 0.25) is 5.91 Å². The van der Waals surface area contributed by atoms with Gasteiger partial charge in [0.05, 0.1) is 0 Å². The van der Waals surface area contributed by atoms with Crippen LogP contribution in [0, 0.1) is 0 Å². The Kier molecular flexibility index (Phi) is 6.13. The van der Waals surface area contributed by atoms with Crippen LogP contribution in [0.2, 0.25) is 0 Å². The third-order valence-corrected chi connectivity index (χ3v) is 3.07. The molecule has 112 valence electrons. The summed E-state index contributed by atoms with van der Waals surface area (Å²) >= 11 is 0. The second-order valence-corrected chi connectivity index (χ2v) is 4.44. The molecular weight excluding hydrogens is 272 g/mol. The van der Waals surface area contributed by atoms with E-state index in [9.17, 15) is 9.59 Å². The van der Waals surface area contributed by atoms with Crippen LogP contribution in [0.3, 0.4) is 0 Å². The first-order chi connectivity index (χ1) is 10.0. The number of aldehydes is 1. The number of rotatable bonds is 4. The summed E-state index contributed by atoms with van der Waals surface area (Å²) in [6.07, 6.45) is 2.46. The smallest absolute Gasteiger partial charge is 0.322 e. The number of fused-ring (bicyclic) bond motifs is 1. The summed E-state index contributed by atoms with van der Waals surface area (Å²) < 4.78 is 0. The van der Waals surface area contributed by atoms with E-state index in [0.29, 0.717) is 12.7 Å². The Bertz CT molecular complexity index is 536. The molecule has 0 unspecified atom stereocenters. The lowest BCUT2D eigenvalue weighted by atomic mass is 10.1. The second-order valence-electron chi connectivity index (χ2n) is 4.44. The van der Waals surface area contributed by atoms with E-state index in [1.165, 1.54) is 6.08 Å². The van der Waals surface area contributed by atoms with E-state index in [1.54, 1.807) is 0 Å². The minimum absolute atomic E-state index is 0.244. The predicted molar refractivity (Wildman–Crippen MR) is 79.2 cm³/mol. The Labute approximate surface area is 123 Å². The highest BCUT2D eigenvalue weighted by atomic mass is 16.4. The van der Waals surface area contributed by atoms with Crippen LogP contribution in [-0.2, 0) is 20.8 Å². The van der Waals surface area contributed by atoms with Gasteiger partial charge >= 0.3 is 5.97 Å². The van der Waals surface area contributed by atoms with Gasteiger partial charge in [-0.05, 0) is 17.7 Å². The lowest BCUT2D eigenvalue weighted by molar-refractivity contribution is -0.138. The lowest BCUT2D eigenvalue weighted by Crippen LogP contribution is -2.45. The zero-order valence-electron chi connectivity index (χ0n) is 11.8. The molecule has 0 saturated carbocycles. The van der Waals surface area contributed by atoms with Gasteiger partial charge in [-0.2, -0.15) is 0 Å². The van der Waals surface area contributed by atoms with Crippen molar-refractivity contribution in [1.82, 2.24) is 5.32 Å². The molecule has 0 saturated heterocycles. The monoisotopic (exact) mass is 290 g/mol. The predicted octanol–water partition coefficient (Wildman–Crippen LogP) is 0.620. The fourth-order valence-corrected chi connectivity index (χ4v) is 2.09. The molecule has 0 aliphatic carbocycles. The van der Waals surface area contributed by atoms with Crippen molar-refractivity contribution in [2.24, 2.45) is 0 Å². The molecule has 1 aromatic rings. The number of nitrogens with one attached hydrogen (secondary N) is 1. The molecule has 2 N–H and O–H groups in total. The summed E-state index contributed by atoms with van der Waals surface area (Å²) in [7, 11) is 1.84. The molecule has 1 amide bonds. The number of hydrogen-bond donors (Lipinski definition) is 2. The number of benzene rings is 1. The summed E-state index contributed by atoms with van der Waals surface area (Å²) in [6, 6.07) is 7.49. The van der Waals surface area contributed by atoms with Crippen LogP contribution in [0.5, 0.6) is 0 Å². The van der Waals surface area contributed by atoms with Crippen molar-refractivity contribution in [3.8, 4) is 0 Å². The fourth-order valence-electron chi connectivity index (χ4n) is 2.09. The molecule has 21 heavy (non-hydrogen) atoms. The number of hydrogen-bond acceptors (Lipinski definition) is 4. The molecule has 2 rings (SSSR count). The highest BCUT2D eigenvalue weighted by Crippen LogP contribution is 2.30. The van der Waals surface area contributed by atoms with Crippen LogP contribution in [0.4, 0.5) is 5.69 Å². The van der Waals surface area contributed by atoms with Crippen LogP contribution >= 0.6 is 0 Å². The van der Waals surface area contributed by atoms with Crippen LogP contribution in [-0.4, -0.2) is 42.9 Å². The molecule has 6 heteroatoms. The van der Waals surface area contributed by atoms with E-state index in [0.717, 1.165) is 11.3 Å². The minimum atomic E-state index is -1.03. The van der Waals surface area contributed by atoms with E-state index in [4.69, 9.17) is 9.90 Å². The van der Waals surface area contributed by atoms with Gasteiger partial charge in [0, 0.05) is 19.2 Å². The van der Waals surface area contributed by atoms with Gasteiger partial charge in [-0.3, -0.25) is 14.4 Å². The van der Waals surface area contributed by atoms with Gasteiger partial charge in [0.15, 0.2) is 0 Å². The maximum atomic E-state index is 11.8. The number of allylic oxidation sites excluding steroid dienone is 1. The number of likely N-dealkylation sites (N-methyl/N-ethyl adjacent to an activating group) is 1. The standard InChI is InChI=1S/C12H14N2O3.C3H4O/c1-14-9-5-3-2-4-8(9)6-10(14)12(17)13-7-11(15)16;1-2-3-4/h2-5,10H,6-7H2,1H3,(H,13,17)(H,15,16);2-3H,1H2/t10-;/m0./s1. The second kappa shape index (κ2) is 7.84. The average Bonchev–Trinajstić information content (AvgIpc) is 2.83. The number of carboxylic acids is 1. The largest absolute Gasteiger partial charge is 0.480 e. The molecule has 1 aliphatic rings. The molecule has 0 fully saturated rings. The number of amides is 1. The van der Waals surface area contributed by atoms with Crippen LogP contribution < -0.4 is 10.2 Å². The number of aliphatic carboxylic acids is 1. The highest BCUT2D eigenvalue weighted by molar-refractivity contribution is 5.90. The molecule has 0 bridgehead atoms. The van der Waals surface area contributed by atoms with Crippen LogP contribution in [0.15, 0.2) is 36.9 Å². The van der Waals surface area contributed by atoms with Gasteiger partial charge in [0.25, 0.3) is 0 Å². The highest BCUT2D eigenvalue weighted by Gasteiger charge is 2.31. The van der Waals surface area contributed by atoms with E-state index < -0.39 is 5.97 Å². The van der Waals surface area contributed by atoms with Crippen molar-refractivity contribution in [2.45, 2.75) is 12.5 Å². The molecule has 1 aliphatic heterocycles. The van der Waals surface area contributed by atoms with E-state index in [-0.39, 0.29) is 18.5 Å². The maximum absolute atomic E-state index is 11.8. The third-order valence-electron chi connectivity index (χ3n) is 3.07. The topological polar surface area (TPSA) is 86.7 Å².